The molecule has 0 N–H and O–H groups in total. The lowest BCUT2D eigenvalue weighted by Gasteiger charge is -2.34. The van der Waals surface area contributed by atoms with Crippen LogP contribution < -0.4 is 25.6 Å². The van der Waals surface area contributed by atoms with Crippen LogP contribution in [0.4, 0.5) is 17.1 Å². The zero-order chi connectivity index (χ0) is 42.5. The average Bonchev–Trinajstić information content (AvgIpc) is 3.93. The van der Waals surface area contributed by atoms with E-state index in [9.17, 15) is 0 Å². The van der Waals surface area contributed by atoms with Gasteiger partial charge in [-0.1, -0.05) is 194 Å². The van der Waals surface area contributed by atoms with E-state index in [1.807, 2.05) is 6.07 Å². The molecule has 0 fully saturated rings. The topological polar surface area (TPSA) is 21.3 Å². The van der Waals surface area contributed by atoms with Gasteiger partial charge in [0.25, 0.3) is 0 Å². The lowest BCUT2D eigenvalue weighted by atomic mass is 10.0. The number of benzene rings is 10. The number of hydrogen-bond acceptors (Lipinski definition) is 2. The number of hydrogen-bond donors (Lipinski definition) is 0. The second kappa shape index (κ2) is 15.6. The predicted octanol–water partition coefficient (Wildman–Crippen LogP) is 13.2. The van der Waals surface area contributed by atoms with E-state index in [1.54, 1.807) is 0 Å². The Labute approximate surface area is 373 Å². The molecule has 0 spiro atoms. The van der Waals surface area contributed by atoms with Gasteiger partial charge in [-0.05, 0) is 92.5 Å². The molecular weight excluding hydrogens is 793 g/mol. The first-order chi connectivity index (χ1) is 31.8. The van der Waals surface area contributed by atoms with E-state index in [-0.39, 0.29) is 0 Å². The Bertz CT molecular complexity index is 3500. The molecule has 302 valence electrons. The van der Waals surface area contributed by atoms with Gasteiger partial charge in [-0.3, -0.25) is 0 Å². The Balaban J connectivity index is 1.06. The average molecular weight is 835 g/mol. The van der Waals surface area contributed by atoms with Crippen LogP contribution >= 0.6 is 0 Å². The van der Waals surface area contributed by atoms with Crippen molar-refractivity contribution in [2.45, 2.75) is 0 Å². The van der Waals surface area contributed by atoms with Gasteiger partial charge < -0.3 is 13.9 Å². The molecule has 0 unspecified atom stereocenters. The highest BCUT2D eigenvalue weighted by Gasteiger charge is 2.41. The molecule has 0 aliphatic rings. The fourth-order valence-corrected chi connectivity index (χ4v) is 15.0. The lowest BCUT2D eigenvalue weighted by molar-refractivity contribution is 0.669. The fourth-order valence-electron chi connectivity index (χ4n) is 10.2. The van der Waals surface area contributed by atoms with Gasteiger partial charge in [0.2, 0.25) is 0 Å². The third-order valence-electron chi connectivity index (χ3n) is 12.9. The molecule has 0 saturated carbocycles. The number of para-hydroxylation sites is 3. The van der Waals surface area contributed by atoms with E-state index < -0.39 is 8.07 Å². The number of aromatic nitrogens is 1. The highest BCUT2D eigenvalue weighted by molar-refractivity contribution is 7.19. The summed E-state index contributed by atoms with van der Waals surface area (Å²) in [6.07, 6.45) is 0. The maximum atomic E-state index is 6.52. The first-order valence-corrected chi connectivity index (χ1v) is 23.9. The Kier molecular flexibility index (Phi) is 9.17. The first-order valence-electron chi connectivity index (χ1n) is 21.9. The third-order valence-corrected chi connectivity index (χ3v) is 17.7. The largest absolute Gasteiger partial charge is 0.456 e. The van der Waals surface area contributed by atoms with E-state index in [0.29, 0.717) is 0 Å². The Morgan fingerprint density at radius 1 is 0.344 bits per heavy atom. The minimum atomic E-state index is -2.71. The molecule has 0 radical (unpaired) electrons. The molecule has 0 aliphatic carbocycles. The predicted molar refractivity (Wildman–Crippen MR) is 272 cm³/mol. The summed E-state index contributed by atoms with van der Waals surface area (Å²) in [5.74, 6) is 0. The molecule has 2 heterocycles. The first kappa shape index (κ1) is 37.6. The molecule has 12 rings (SSSR count). The smallest absolute Gasteiger partial charge is 0.179 e. The van der Waals surface area contributed by atoms with Crippen molar-refractivity contribution >= 4 is 89.6 Å². The number of rotatable bonds is 9. The summed E-state index contributed by atoms with van der Waals surface area (Å²) in [7, 11) is -2.71. The van der Waals surface area contributed by atoms with Gasteiger partial charge in [0.05, 0.1) is 27.8 Å². The van der Waals surface area contributed by atoms with Crippen molar-refractivity contribution in [3.8, 4) is 16.8 Å². The van der Waals surface area contributed by atoms with Crippen LogP contribution in [0.3, 0.4) is 0 Å². The van der Waals surface area contributed by atoms with Crippen LogP contribution in [0, 0.1) is 0 Å². The normalized spacial score (nSPS) is 11.8. The summed E-state index contributed by atoms with van der Waals surface area (Å²) in [4.78, 5) is 2.44. The van der Waals surface area contributed by atoms with Crippen molar-refractivity contribution in [1.29, 1.82) is 0 Å². The fraction of sp³-hybridized carbons (Fsp3) is 0. The molecule has 0 amide bonds. The molecule has 0 saturated heterocycles. The molecular formula is C60H42N2OSi. The summed E-state index contributed by atoms with van der Waals surface area (Å²) in [5.41, 5.74) is 10.7. The zero-order valence-corrected chi connectivity index (χ0v) is 36.1. The zero-order valence-electron chi connectivity index (χ0n) is 35.1. The van der Waals surface area contributed by atoms with Crippen LogP contribution in [0.15, 0.2) is 259 Å². The van der Waals surface area contributed by atoms with Crippen LogP contribution in [0.1, 0.15) is 0 Å². The quantitative estimate of drug-likeness (QED) is 0.107. The second-order valence-corrected chi connectivity index (χ2v) is 20.2. The number of anilines is 3. The van der Waals surface area contributed by atoms with Crippen molar-refractivity contribution < 1.29 is 4.42 Å². The molecule has 0 aliphatic heterocycles. The highest BCUT2D eigenvalue weighted by atomic mass is 28.3. The van der Waals surface area contributed by atoms with Crippen molar-refractivity contribution in [1.82, 2.24) is 4.57 Å². The molecule has 64 heavy (non-hydrogen) atoms. The molecule has 12 aromatic rings. The van der Waals surface area contributed by atoms with Gasteiger partial charge in [0, 0.05) is 27.5 Å². The third kappa shape index (κ3) is 6.03. The maximum Gasteiger partial charge on any atom is 0.179 e. The minimum Gasteiger partial charge on any atom is -0.456 e. The van der Waals surface area contributed by atoms with E-state index in [2.05, 4.69) is 258 Å². The van der Waals surface area contributed by atoms with Crippen molar-refractivity contribution in [3.05, 3.63) is 255 Å². The van der Waals surface area contributed by atoms with Crippen LogP contribution in [0.5, 0.6) is 0 Å². The van der Waals surface area contributed by atoms with Gasteiger partial charge in [-0.25, -0.2) is 0 Å². The molecule has 4 heteroatoms. The SMILES string of the molecule is c1ccc(-n2c3ccccc3c3c(N(c4ccc(-c5cccc([Si](c6ccccc6)(c6ccccc6)c6ccccc6)c5)cc4)c4cccc5oc6ccccc6c45)cccc32)cc1. The summed E-state index contributed by atoms with van der Waals surface area (Å²) >= 11 is 0. The van der Waals surface area contributed by atoms with Gasteiger partial charge in [-0.15, -0.1) is 0 Å². The van der Waals surface area contributed by atoms with E-state index >= 15 is 0 Å². The Hall–Kier alpha value is -8.18. The summed E-state index contributed by atoms with van der Waals surface area (Å²) in [6.45, 7) is 0. The minimum absolute atomic E-state index is 0.860. The van der Waals surface area contributed by atoms with Gasteiger partial charge in [-0.2, -0.15) is 0 Å². The van der Waals surface area contributed by atoms with Crippen LogP contribution in [0.25, 0.3) is 60.6 Å². The Morgan fingerprint density at radius 2 is 0.844 bits per heavy atom. The lowest BCUT2D eigenvalue weighted by Crippen LogP contribution is -2.74. The van der Waals surface area contributed by atoms with E-state index in [4.69, 9.17) is 4.42 Å². The number of fused-ring (bicyclic) bond motifs is 6. The van der Waals surface area contributed by atoms with Crippen molar-refractivity contribution in [3.63, 3.8) is 0 Å². The van der Waals surface area contributed by atoms with E-state index in [0.717, 1.165) is 55.8 Å². The maximum absolute atomic E-state index is 6.52. The molecule has 3 nitrogen and oxygen atoms in total. The number of furan rings is 1. The van der Waals surface area contributed by atoms with Crippen molar-refractivity contribution in [2.24, 2.45) is 0 Å². The van der Waals surface area contributed by atoms with Crippen LogP contribution in [-0.2, 0) is 0 Å². The van der Waals surface area contributed by atoms with Crippen molar-refractivity contribution in [2.75, 3.05) is 4.90 Å². The summed E-state index contributed by atoms with van der Waals surface area (Å²) in [6, 6.07) is 92.8. The molecule has 0 atom stereocenters. The van der Waals surface area contributed by atoms with Crippen LogP contribution in [-0.4, -0.2) is 12.6 Å². The number of nitrogens with zero attached hydrogens (tertiary/aromatic N) is 2. The van der Waals surface area contributed by atoms with Gasteiger partial charge in [0.15, 0.2) is 8.07 Å². The monoisotopic (exact) mass is 834 g/mol. The van der Waals surface area contributed by atoms with Gasteiger partial charge >= 0.3 is 0 Å². The molecule has 0 bridgehead atoms. The van der Waals surface area contributed by atoms with Gasteiger partial charge in [0.1, 0.15) is 11.2 Å². The van der Waals surface area contributed by atoms with Crippen LogP contribution in [0.2, 0.25) is 0 Å². The molecule has 2 aromatic heterocycles. The molecule has 10 aromatic carbocycles. The second-order valence-electron chi connectivity index (χ2n) is 16.4. The Morgan fingerprint density at radius 3 is 1.52 bits per heavy atom. The summed E-state index contributed by atoms with van der Waals surface area (Å²) < 4.78 is 8.91. The highest BCUT2D eigenvalue weighted by Crippen LogP contribution is 2.47. The summed E-state index contributed by atoms with van der Waals surface area (Å²) in [5, 5.41) is 9.99. The standard InChI is InChI=1S/C60H42N2OSi/c1-5-21-45(22-6-1)61-53-32-15-13-30-51(53)59-54(61)33-18-34-55(59)62(56-35-19-37-58-60(56)52-31-14-16-36-57(52)63-58)46-40-38-43(39-41-46)44-20-17-29-50(42-44)64(47-23-7-2-8-24-47,48-25-9-3-10-26-48)49-27-11-4-12-28-49/h1-42H. The van der Waals surface area contributed by atoms with E-state index in [1.165, 1.54) is 42.6 Å².